The van der Waals surface area contributed by atoms with Crippen molar-refractivity contribution in [2.75, 3.05) is 50.0 Å². The molecular weight excluding hydrogens is 334 g/mol. The molecule has 0 radical (unpaired) electrons. The molecule has 2 saturated heterocycles. The molecule has 2 aromatic rings. The van der Waals surface area contributed by atoms with Gasteiger partial charge in [-0.3, -0.25) is 4.90 Å². The summed E-state index contributed by atoms with van der Waals surface area (Å²) in [7, 11) is 0. The van der Waals surface area contributed by atoms with Gasteiger partial charge in [0.15, 0.2) is 11.5 Å². The Bertz CT molecular complexity index is 757. The molecule has 9 nitrogen and oxygen atoms in total. The van der Waals surface area contributed by atoms with Crippen molar-refractivity contribution in [3.05, 3.63) is 6.33 Å². The maximum Gasteiger partial charge on any atom is 0.224 e. The maximum atomic E-state index is 9.91. The van der Waals surface area contributed by atoms with Gasteiger partial charge in [-0.05, 0) is 19.8 Å². The van der Waals surface area contributed by atoms with Gasteiger partial charge in [-0.15, -0.1) is 0 Å². The van der Waals surface area contributed by atoms with E-state index in [9.17, 15) is 5.11 Å². The number of anilines is 2. The van der Waals surface area contributed by atoms with Gasteiger partial charge >= 0.3 is 0 Å². The molecule has 0 aromatic carbocycles. The van der Waals surface area contributed by atoms with Crippen LogP contribution in [-0.4, -0.2) is 81.5 Å². The zero-order chi connectivity index (χ0) is 18.3. The average Bonchev–Trinajstić information content (AvgIpc) is 3.19. The molecule has 0 unspecified atom stereocenters. The molecule has 4 heterocycles. The number of aromatic amines is 1. The number of nitrogens with zero attached hydrogens (tertiary/aromatic N) is 5. The van der Waals surface area contributed by atoms with Crippen molar-refractivity contribution in [1.82, 2.24) is 24.8 Å². The van der Waals surface area contributed by atoms with Gasteiger partial charge in [0.25, 0.3) is 0 Å². The Kier molecular flexibility index (Phi) is 4.68. The third-order valence-corrected chi connectivity index (χ3v) is 5.38. The summed E-state index contributed by atoms with van der Waals surface area (Å²) in [6.07, 6.45) is 2.10. The van der Waals surface area contributed by atoms with Gasteiger partial charge in [-0.25, -0.2) is 4.98 Å². The quantitative estimate of drug-likeness (QED) is 0.701. The zero-order valence-corrected chi connectivity index (χ0v) is 15.3. The van der Waals surface area contributed by atoms with Crippen molar-refractivity contribution >= 4 is 22.9 Å². The van der Waals surface area contributed by atoms with Crippen LogP contribution in [-0.2, 0) is 4.74 Å². The molecule has 2 aliphatic heterocycles. The predicted octanol–water partition coefficient (Wildman–Crippen LogP) is 0.0890. The lowest BCUT2D eigenvalue weighted by atomic mass is 9.96. The fourth-order valence-corrected chi connectivity index (χ4v) is 4.35. The van der Waals surface area contributed by atoms with Gasteiger partial charge in [-0.1, -0.05) is 0 Å². The Labute approximate surface area is 152 Å². The minimum absolute atomic E-state index is 0.170. The molecule has 4 rings (SSSR count). The van der Waals surface area contributed by atoms with Crippen LogP contribution in [0, 0.1) is 11.8 Å². The van der Waals surface area contributed by atoms with Gasteiger partial charge < -0.3 is 25.5 Å². The van der Waals surface area contributed by atoms with E-state index in [4.69, 9.17) is 10.5 Å². The maximum absolute atomic E-state index is 9.91. The van der Waals surface area contributed by atoms with E-state index in [1.54, 1.807) is 6.33 Å². The van der Waals surface area contributed by atoms with Crippen LogP contribution in [0.4, 0.5) is 11.8 Å². The largest absolute Gasteiger partial charge is 0.396 e. The third kappa shape index (κ3) is 3.34. The number of nitrogens with two attached hydrogens (primary N) is 1. The van der Waals surface area contributed by atoms with Gasteiger partial charge in [0.2, 0.25) is 5.95 Å². The van der Waals surface area contributed by atoms with E-state index in [1.807, 2.05) is 0 Å². The Balaban J connectivity index is 1.52. The zero-order valence-electron chi connectivity index (χ0n) is 15.3. The summed E-state index contributed by atoms with van der Waals surface area (Å²) < 4.78 is 5.83. The van der Waals surface area contributed by atoms with E-state index in [0.717, 1.165) is 44.1 Å². The second-order valence-electron chi connectivity index (χ2n) is 7.59. The van der Waals surface area contributed by atoms with Crippen molar-refractivity contribution in [1.29, 1.82) is 0 Å². The molecular formula is C17H27N7O2. The van der Waals surface area contributed by atoms with Crippen LogP contribution in [0.3, 0.4) is 0 Å². The molecule has 0 saturated carbocycles. The first-order valence-corrected chi connectivity index (χ1v) is 9.23. The highest BCUT2D eigenvalue weighted by molar-refractivity contribution is 5.84. The highest BCUT2D eigenvalue weighted by atomic mass is 16.5. The summed E-state index contributed by atoms with van der Waals surface area (Å²) in [6, 6.07) is 0. The Morgan fingerprint density at radius 1 is 1.19 bits per heavy atom. The van der Waals surface area contributed by atoms with Gasteiger partial charge in [0.05, 0.1) is 18.5 Å². The topological polar surface area (TPSA) is 116 Å². The van der Waals surface area contributed by atoms with Crippen LogP contribution < -0.4 is 10.6 Å². The highest BCUT2D eigenvalue weighted by Crippen LogP contribution is 2.31. The number of hydrogen-bond acceptors (Lipinski definition) is 8. The molecule has 0 bridgehead atoms. The first-order valence-electron chi connectivity index (χ1n) is 9.23. The summed E-state index contributed by atoms with van der Waals surface area (Å²) >= 11 is 0. The Morgan fingerprint density at radius 2 is 1.92 bits per heavy atom. The number of ether oxygens (including phenoxy) is 1. The fourth-order valence-electron chi connectivity index (χ4n) is 4.35. The lowest BCUT2D eigenvalue weighted by Crippen LogP contribution is -2.48. The monoisotopic (exact) mass is 361 g/mol. The normalized spacial score (nSPS) is 30.3. The number of morpholine rings is 1. The number of imidazole rings is 1. The Hall–Kier alpha value is -1.97. The van der Waals surface area contributed by atoms with E-state index in [-0.39, 0.29) is 30.7 Å². The lowest BCUT2D eigenvalue weighted by molar-refractivity contribution is -0.0725. The first-order chi connectivity index (χ1) is 12.5. The number of aliphatic hydroxyl groups is 1. The van der Waals surface area contributed by atoms with Crippen molar-refractivity contribution in [2.24, 2.45) is 11.8 Å². The molecule has 2 aliphatic rings. The molecule has 0 amide bonds. The summed E-state index contributed by atoms with van der Waals surface area (Å²) in [4.78, 5) is 20.5. The molecule has 26 heavy (non-hydrogen) atoms. The number of rotatable bonds is 4. The number of H-pyrrole nitrogens is 1. The van der Waals surface area contributed by atoms with Gasteiger partial charge in [-0.2, -0.15) is 9.97 Å². The predicted molar refractivity (Wildman–Crippen MR) is 98.8 cm³/mol. The summed E-state index contributed by atoms with van der Waals surface area (Å²) in [5.74, 6) is 1.57. The molecule has 2 aromatic heterocycles. The number of hydrogen-bond donors (Lipinski definition) is 3. The Morgan fingerprint density at radius 3 is 2.65 bits per heavy atom. The second kappa shape index (κ2) is 6.98. The smallest absolute Gasteiger partial charge is 0.224 e. The number of nitrogens with one attached hydrogen (secondary N) is 1. The molecule has 142 valence electrons. The number of nitrogen functional groups attached to an aromatic ring is 1. The highest BCUT2D eigenvalue weighted by Gasteiger charge is 2.36. The summed E-state index contributed by atoms with van der Waals surface area (Å²) in [6.45, 7) is 8.80. The van der Waals surface area contributed by atoms with Gasteiger partial charge in [0.1, 0.15) is 5.52 Å². The average molecular weight is 361 g/mol. The minimum atomic E-state index is 0.170. The van der Waals surface area contributed by atoms with Crippen LogP contribution >= 0.6 is 0 Å². The minimum Gasteiger partial charge on any atom is -0.396 e. The van der Waals surface area contributed by atoms with E-state index >= 15 is 0 Å². The van der Waals surface area contributed by atoms with Crippen LogP contribution in [0.2, 0.25) is 0 Å². The number of fused-ring (bicyclic) bond motifs is 1. The second-order valence-corrected chi connectivity index (χ2v) is 7.59. The molecule has 4 N–H and O–H groups in total. The van der Waals surface area contributed by atoms with Crippen LogP contribution in [0.25, 0.3) is 11.2 Å². The standard InChI is InChI=1S/C17H27N7O2/c1-10-3-23(4-11(2)26-10)5-12-6-24(7-13(12)8-25)16-14-15(20-9-19-14)21-17(18)22-16/h9-13,25H,3-8H2,1-2H3,(H3,18,19,20,21,22)/t10-,11+,12-,13-/m1/s1. The number of aromatic nitrogens is 4. The van der Waals surface area contributed by atoms with Gasteiger partial charge in [0, 0.05) is 45.2 Å². The third-order valence-electron chi connectivity index (χ3n) is 5.38. The first kappa shape index (κ1) is 17.4. The SMILES string of the molecule is C[C@@H]1CN(C[C@@H]2CN(c3nc(N)nc4nc[nH]c34)C[C@@H]2CO)C[C@H](C)O1. The summed E-state index contributed by atoms with van der Waals surface area (Å²) in [5.41, 5.74) is 7.23. The van der Waals surface area contributed by atoms with Crippen molar-refractivity contribution in [3.8, 4) is 0 Å². The van der Waals surface area contributed by atoms with Crippen molar-refractivity contribution in [3.63, 3.8) is 0 Å². The summed E-state index contributed by atoms with van der Waals surface area (Å²) in [5, 5.41) is 9.91. The van der Waals surface area contributed by atoms with E-state index < -0.39 is 0 Å². The van der Waals surface area contributed by atoms with E-state index in [1.165, 1.54) is 0 Å². The van der Waals surface area contributed by atoms with E-state index in [0.29, 0.717) is 11.6 Å². The lowest BCUT2D eigenvalue weighted by Gasteiger charge is -2.37. The van der Waals surface area contributed by atoms with Crippen LogP contribution in [0.1, 0.15) is 13.8 Å². The fraction of sp³-hybridized carbons (Fsp3) is 0.706. The molecule has 4 atom stereocenters. The molecule has 2 fully saturated rings. The molecule has 0 aliphatic carbocycles. The van der Waals surface area contributed by atoms with Crippen molar-refractivity contribution < 1.29 is 9.84 Å². The van der Waals surface area contributed by atoms with Crippen LogP contribution in [0.15, 0.2) is 6.33 Å². The van der Waals surface area contributed by atoms with E-state index in [2.05, 4.69) is 43.6 Å². The van der Waals surface area contributed by atoms with Crippen molar-refractivity contribution in [2.45, 2.75) is 26.1 Å². The van der Waals surface area contributed by atoms with Crippen LogP contribution in [0.5, 0.6) is 0 Å². The molecule has 0 spiro atoms. The number of aliphatic hydroxyl groups excluding tert-OH is 1. The molecule has 9 heteroatoms.